The van der Waals surface area contributed by atoms with Crippen molar-refractivity contribution in [3.63, 3.8) is 0 Å². The Bertz CT molecular complexity index is 569. The fourth-order valence-electron chi connectivity index (χ4n) is 2.65. The minimum Gasteiger partial charge on any atom is -0.494 e. The summed E-state index contributed by atoms with van der Waals surface area (Å²) in [5, 5.41) is 3.06. The quantitative estimate of drug-likeness (QED) is 0.541. The first-order chi connectivity index (χ1) is 10.9. The zero-order chi connectivity index (χ0) is 16.9. The maximum atomic E-state index is 12.0. The molecule has 1 atom stereocenters. The molecule has 0 aromatic heterocycles. The van der Waals surface area contributed by atoms with Crippen LogP contribution in [0.15, 0.2) is 24.3 Å². The molecule has 1 unspecified atom stereocenters. The molecule has 0 radical (unpaired) electrons. The van der Waals surface area contributed by atoms with Crippen LogP contribution in [0.5, 0.6) is 5.75 Å². The number of Topliss-reactive ketones (excluding diaryl/α,β-unsaturated/α-hetero) is 1. The molecule has 3 N–H and O–H groups in total. The molecule has 1 aromatic rings. The average Bonchev–Trinajstić information content (AvgIpc) is 3.37. The Morgan fingerprint density at radius 1 is 1.39 bits per heavy atom. The van der Waals surface area contributed by atoms with Gasteiger partial charge in [-0.15, -0.1) is 0 Å². The fourth-order valence-corrected chi connectivity index (χ4v) is 2.65. The SMILES string of the molecule is CC(=O)c1cccc(OCCCC(=O)NC(C)(CN)C2CC2)c1. The maximum absolute atomic E-state index is 12.0. The average molecular weight is 318 g/mol. The molecule has 1 saturated carbocycles. The van der Waals surface area contributed by atoms with Gasteiger partial charge in [-0.05, 0) is 51.2 Å². The van der Waals surface area contributed by atoms with Gasteiger partial charge < -0.3 is 15.8 Å². The first-order valence-electron chi connectivity index (χ1n) is 8.19. The monoisotopic (exact) mass is 318 g/mol. The number of nitrogens with two attached hydrogens (primary N) is 1. The third-order valence-corrected chi connectivity index (χ3v) is 4.38. The largest absolute Gasteiger partial charge is 0.494 e. The highest BCUT2D eigenvalue weighted by Gasteiger charge is 2.41. The van der Waals surface area contributed by atoms with Crippen LogP contribution in [0.25, 0.3) is 0 Å². The summed E-state index contributed by atoms with van der Waals surface area (Å²) in [5.74, 6) is 1.20. The number of rotatable bonds is 9. The molecule has 0 saturated heterocycles. The van der Waals surface area contributed by atoms with Crippen molar-refractivity contribution in [3.8, 4) is 5.75 Å². The summed E-state index contributed by atoms with van der Waals surface area (Å²) in [6.07, 6.45) is 3.32. The standard InChI is InChI=1S/C18H26N2O3/c1-13(21)14-5-3-6-16(11-14)23-10-4-7-17(22)20-18(2,12-19)15-8-9-15/h3,5-6,11,15H,4,7-10,12,19H2,1-2H3,(H,20,22). The molecule has 23 heavy (non-hydrogen) atoms. The summed E-state index contributed by atoms with van der Waals surface area (Å²) in [6.45, 7) is 4.46. The van der Waals surface area contributed by atoms with E-state index in [2.05, 4.69) is 5.32 Å². The maximum Gasteiger partial charge on any atom is 0.220 e. The summed E-state index contributed by atoms with van der Waals surface area (Å²) in [6, 6.07) is 7.08. The van der Waals surface area contributed by atoms with Crippen molar-refractivity contribution in [2.75, 3.05) is 13.2 Å². The minimum absolute atomic E-state index is 0.0102. The first-order valence-corrected chi connectivity index (χ1v) is 8.19. The van der Waals surface area contributed by atoms with E-state index in [1.165, 1.54) is 6.92 Å². The predicted molar refractivity (Wildman–Crippen MR) is 89.5 cm³/mol. The molecule has 0 bridgehead atoms. The van der Waals surface area contributed by atoms with Crippen molar-refractivity contribution in [3.05, 3.63) is 29.8 Å². The number of hydrogen-bond acceptors (Lipinski definition) is 4. The van der Waals surface area contributed by atoms with Gasteiger partial charge in [-0.25, -0.2) is 0 Å². The van der Waals surface area contributed by atoms with Gasteiger partial charge in [-0.3, -0.25) is 9.59 Å². The van der Waals surface area contributed by atoms with Crippen LogP contribution in [-0.4, -0.2) is 30.4 Å². The molecular formula is C18H26N2O3. The predicted octanol–water partition coefficient (Wildman–Crippen LogP) is 2.29. The van der Waals surface area contributed by atoms with Crippen molar-refractivity contribution in [1.29, 1.82) is 0 Å². The first kappa shape index (κ1) is 17.5. The van der Waals surface area contributed by atoms with Crippen LogP contribution >= 0.6 is 0 Å². The Morgan fingerprint density at radius 2 is 2.13 bits per heavy atom. The molecule has 0 aliphatic heterocycles. The van der Waals surface area contributed by atoms with Crippen LogP contribution in [0.1, 0.15) is 49.9 Å². The molecule has 2 rings (SSSR count). The second-order valence-electron chi connectivity index (χ2n) is 6.48. The molecule has 1 aliphatic rings. The van der Waals surface area contributed by atoms with Crippen molar-refractivity contribution >= 4 is 11.7 Å². The molecule has 1 aliphatic carbocycles. The van der Waals surface area contributed by atoms with E-state index in [1.807, 2.05) is 13.0 Å². The zero-order valence-corrected chi connectivity index (χ0v) is 13.9. The molecule has 0 heterocycles. The number of carbonyl (C=O) groups excluding carboxylic acids is 2. The lowest BCUT2D eigenvalue weighted by Crippen LogP contribution is -2.53. The molecular weight excluding hydrogens is 292 g/mol. The van der Waals surface area contributed by atoms with E-state index in [0.29, 0.717) is 43.2 Å². The van der Waals surface area contributed by atoms with Crippen LogP contribution in [0.4, 0.5) is 0 Å². The number of amides is 1. The number of nitrogens with one attached hydrogen (secondary N) is 1. The molecule has 1 amide bonds. The highest BCUT2D eigenvalue weighted by Crippen LogP contribution is 2.38. The summed E-state index contributed by atoms with van der Waals surface area (Å²) in [7, 11) is 0. The van der Waals surface area contributed by atoms with Crippen molar-refractivity contribution < 1.29 is 14.3 Å². The van der Waals surface area contributed by atoms with E-state index in [0.717, 1.165) is 12.8 Å². The van der Waals surface area contributed by atoms with Crippen LogP contribution in [-0.2, 0) is 4.79 Å². The van der Waals surface area contributed by atoms with Crippen LogP contribution < -0.4 is 15.8 Å². The molecule has 5 nitrogen and oxygen atoms in total. The summed E-state index contributed by atoms with van der Waals surface area (Å²) >= 11 is 0. The Labute approximate surface area is 137 Å². The number of ether oxygens (including phenoxy) is 1. The normalized spacial score (nSPS) is 16.5. The Kier molecular flexibility index (Phi) is 5.77. The Balaban J connectivity index is 1.71. The fraction of sp³-hybridized carbons (Fsp3) is 0.556. The van der Waals surface area contributed by atoms with Gasteiger partial charge in [-0.1, -0.05) is 12.1 Å². The highest BCUT2D eigenvalue weighted by atomic mass is 16.5. The summed E-state index contributed by atoms with van der Waals surface area (Å²) in [4.78, 5) is 23.4. The van der Waals surface area contributed by atoms with E-state index in [1.54, 1.807) is 18.2 Å². The minimum atomic E-state index is -0.270. The van der Waals surface area contributed by atoms with E-state index in [-0.39, 0.29) is 17.2 Å². The lowest BCUT2D eigenvalue weighted by Gasteiger charge is -2.29. The zero-order valence-electron chi connectivity index (χ0n) is 13.9. The number of benzene rings is 1. The van der Waals surface area contributed by atoms with E-state index in [9.17, 15) is 9.59 Å². The van der Waals surface area contributed by atoms with Gasteiger partial charge in [0.2, 0.25) is 5.91 Å². The molecule has 1 aromatic carbocycles. The highest BCUT2D eigenvalue weighted by molar-refractivity contribution is 5.94. The Hall–Kier alpha value is -1.88. The smallest absolute Gasteiger partial charge is 0.220 e. The van der Waals surface area contributed by atoms with E-state index < -0.39 is 0 Å². The summed E-state index contributed by atoms with van der Waals surface area (Å²) < 4.78 is 5.61. The van der Waals surface area contributed by atoms with Gasteiger partial charge in [0, 0.05) is 18.5 Å². The van der Waals surface area contributed by atoms with Gasteiger partial charge >= 0.3 is 0 Å². The summed E-state index contributed by atoms with van der Waals surface area (Å²) in [5.41, 5.74) is 6.16. The van der Waals surface area contributed by atoms with Gasteiger partial charge in [0.1, 0.15) is 5.75 Å². The Morgan fingerprint density at radius 3 is 2.74 bits per heavy atom. The lowest BCUT2D eigenvalue weighted by atomic mass is 9.95. The van der Waals surface area contributed by atoms with Crippen molar-refractivity contribution in [2.45, 2.75) is 45.1 Å². The second kappa shape index (κ2) is 7.59. The molecule has 0 spiro atoms. The van der Waals surface area contributed by atoms with Crippen molar-refractivity contribution in [2.24, 2.45) is 11.7 Å². The van der Waals surface area contributed by atoms with E-state index in [4.69, 9.17) is 10.5 Å². The number of ketones is 1. The number of hydrogen-bond donors (Lipinski definition) is 2. The lowest BCUT2D eigenvalue weighted by molar-refractivity contribution is -0.123. The third-order valence-electron chi connectivity index (χ3n) is 4.38. The van der Waals surface area contributed by atoms with Gasteiger partial charge in [0.05, 0.1) is 12.1 Å². The van der Waals surface area contributed by atoms with Gasteiger partial charge in [0.25, 0.3) is 0 Å². The van der Waals surface area contributed by atoms with Crippen LogP contribution in [0.3, 0.4) is 0 Å². The number of carbonyl (C=O) groups is 2. The second-order valence-corrected chi connectivity index (χ2v) is 6.48. The molecule has 126 valence electrons. The van der Waals surface area contributed by atoms with E-state index >= 15 is 0 Å². The topological polar surface area (TPSA) is 81.4 Å². The van der Waals surface area contributed by atoms with Gasteiger partial charge in [0.15, 0.2) is 5.78 Å². The third kappa shape index (κ3) is 5.06. The van der Waals surface area contributed by atoms with Gasteiger partial charge in [-0.2, -0.15) is 0 Å². The molecule has 5 heteroatoms. The van der Waals surface area contributed by atoms with Crippen molar-refractivity contribution in [1.82, 2.24) is 5.32 Å². The van der Waals surface area contributed by atoms with Crippen LogP contribution in [0.2, 0.25) is 0 Å². The molecule has 1 fully saturated rings. The van der Waals surface area contributed by atoms with Crippen LogP contribution in [0, 0.1) is 5.92 Å².